The Hall–Kier alpha value is -1.81. The summed E-state index contributed by atoms with van der Waals surface area (Å²) in [5.41, 5.74) is 4.54. The van der Waals surface area contributed by atoms with Crippen molar-refractivity contribution in [2.45, 2.75) is 63.3 Å². The Kier molecular flexibility index (Phi) is 5.53. The number of rotatable bonds is 7. The summed E-state index contributed by atoms with van der Waals surface area (Å²) in [4.78, 5) is 5.50. The molecule has 10 heteroatoms. The minimum Gasteiger partial charge on any atom is -0.383 e. The first-order chi connectivity index (χ1) is 14.4. The summed E-state index contributed by atoms with van der Waals surface area (Å²) in [5.74, 6) is -2.02. The topological polar surface area (TPSA) is 78.0 Å². The molecule has 1 unspecified atom stereocenters. The maximum atomic E-state index is 13.2. The molecule has 4 rings (SSSR count). The van der Waals surface area contributed by atoms with Crippen molar-refractivity contribution in [1.29, 1.82) is 5.41 Å². The van der Waals surface area contributed by atoms with E-state index in [1.807, 2.05) is 18.7 Å². The Labute approximate surface area is 178 Å². The van der Waals surface area contributed by atoms with E-state index >= 15 is 0 Å². The highest BCUT2D eigenvalue weighted by Crippen LogP contribution is 2.61. The molecule has 0 radical (unpaired) electrons. The van der Waals surface area contributed by atoms with Gasteiger partial charge in [-0.05, 0) is 36.7 Å². The number of hydrogen-bond donors (Lipinski definition) is 3. The molecule has 5 nitrogen and oxygen atoms in total. The van der Waals surface area contributed by atoms with Gasteiger partial charge in [-0.3, -0.25) is 4.90 Å². The average molecular weight is 445 g/mol. The summed E-state index contributed by atoms with van der Waals surface area (Å²) in [7, 11) is 0. The van der Waals surface area contributed by atoms with Crippen LogP contribution in [-0.2, 0) is 6.18 Å². The van der Waals surface area contributed by atoms with Gasteiger partial charge in [0.1, 0.15) is 5.82 Å². The molecule has 3 fully saturated rings. The Bertz CT molecular complexity index is 835. The fourth-order valence-corrected chi connectivity index (χ4v) is 5.50. The van der Waals surface area contributed by atoms with Gasteiger partial charge in [0, 0.05) is 42.0 Å². The molecule has 1 aromatic rings. The summed E-state index contributed by atoms with van der Waals surface area (Å²) in [6.45, 7) is 3.66. The molecule has 0 amide bonds. The number of aromatic nitrogens is 1. The van der Waals surface area contributed by atoms with Crippen LogP contribution in [0.3, 0.4) is 0 Å². The molecule has 0 aromatic carbocycles. The highest BCUT2D eigenvalue weighted by molar-refractivity contribution is 5.98. The largest absolute Gasteiger partial charge is 0.419 e. The summed E-state index contributed by atoms with van der Waals surface area (Å²) in [6.07, 6.45) is -1.38. The van der Waals surface area contributed by atoms with Crippen molar-refractivity contribution in [2.24, 2.45) is 17.8 Å². The number of hydrogen-bond acceptors (Lipinski definition) is 5. The zero-order valence-electron chi connectivity index (χ0n) is 17.5. The lowest BCUT2D eigenvalue weighted by molar-refractivity contribution is -0.146. The SMILES string of the molecule is CC(C)NC(CC(=N)c1cnc(N)c(C(F)(F)F)c1)[C@H]1[C@@H]2C[C@H](N3CC(F)(F)C3)C[C@@H]21. The molecule has 1 aliphatic heterocycles. The fraction of sp³-hybridized carbons (Fsp3) is 0.714. The minimum absolute atomic E-state index is 0.0480. The first-order valence-corrected chi connectivity index (χ1v) is 10.6. The van der Waals surface area contributed by atoms with Crippen LogP contribution in [0.4, 0.5) is 27.8 Å². The molecule has 0 spiro atoms. The molecule has 0 bridgehead atoms. The smallest absolute Gasteiger partial charge is 0.383 e. The number of likely N-dealkylation sites (tertiary alicyclic amines) is 1. The standard InChI is InChI=1S/C21H28F5N5/c1-10(2)30-17(6-16(27)11-3-15(21(24,25)26)19(28)29-7-11)18-13-4-12(5-14(13)18)31-8-20(22,23)9-31/h3,7,10,12-14,17-18,27,30H,4-6,8-9H2,1-2H3,(H2,28,29)/t12-,13+,14-,17?,18-. The number of nitrogens with zero attached hydrogens (tertiary/aromatic N) is 2. The van der Waals surface area contributed by atoms with Crippen molar-refractivity contribution in [3.63, 3.8) is 0 Å². The predicted octanol–water partition coefficient (Wildman–Crippen LogP) is 3.78. The lowest BCUT2D eigenvalue weighted by Crippen LogP contribution is -2.59. The molecule has 3 aliphatic rings. The second-order valence-electron chi connectivity index (χ2n) is 9.56. The lowest BCUT2D eigenvalue weighted by Gasteiger charge is -2.43. The van der Waals surface area contributed by atoms with E-state index in [2.05, 4.69) is 10.3 Å². The van der Waals surface area contributed by atoms with Gasteiger partial charge >= 0.3 is 6.18 Å². The highest BCUT2D eigenvalue weighted by Gasteiger charge is 2.61. The van der Waals surface area contributed by atoms with Crippen LogP contribution < -0.4 is 11.1 Å². The lowest BCUT2D eigenvalue weighted by atomic mass is 9.93. The maximum Gasteiger partial charge on any atom is 0.419 e. The summed E-state index contributed by atoms with van der Waals surface area (Å²) < 4.78 is 65.8. The van der Waals surface area contributed by atoms with Crippen LogP contribution >= 0.6 is 0 Å². The van der Waals surface area contributed by atoms with Crippen LogP contribution in [0.25, 0.3) is 0 Å². The summed E-state index contributed by atoms with van der Waals surface area (Å²) >= 11 is 0. The van der Waals surface area contributed by atoms with Gasteiger partial charge < -0.3 is 16.5 Å². The van der Waals surface area contributed by atoms with Gasteiger partial charge in [0.2, 0.25) is 0 Å². The first kappa shape index (κ1) is 22.4. The van der Waals surface area contributed by atoms with Gasteiger partial charge in [0.15, 0.2) is 0 Å². The van der Waals surface area contributed by atoms with Crippen LogP contribution in [0.15, 0.2) is 12.3 Å². The van der Waals surface area contributed by atoms with Gasteiger partial charge in [-0.2, -0.15) is 13.2 Å². The van der Waals surface area contributed by atoms with Crippen LogP contribution in [-0.4, -0.2) is 52.7 Å². The van der Waals surface area contributed by atoms with Gasteiger partial charge in [-0.1, -0.05) is 13.8 Å². The van der Waals surface area contributed by atoms with E-state index < -0.39 is 23.5 Å². The summed E-state index contributed by atoms with van der Waals surface area (Å²) in [5, 5.41) is 11.9. The molecule has 1 saturated heterocycles. The number of halogens is 5. The molecule has 2 aliphatic carbocycles. The van der Waals surface area contributed by atoms with Crippen LogP contribution in [0, 0.1) is 23.2 Å². The Morgan fingerprint density at radius 2 is 1.90 bits per heavy atom. The van der Waals surface area contributed by atoms with Gasteiger partial charge in [0.05, 0.1) is 18.7 Å². The number of pyridine rings is 1. The molecular formula is C21H28F5N5. The number of alkyl halides is 5. The van der Waals surface area contributed by atoms with E-state index in [1.54, 1.807) is 0 Å². The van der Waals surface area contributed by atoms with Crippen molar-refractivity contribution < 1.29 is 22.0 Å². The van der Waals surface area contributed by atoms with Crippen LogP contribution in [0.2, 0.25) is 0 Å². The zero-order chi connectivity index (χ0) is 22.7. The van der Waals surface area contributed by atoms with Crippen LogP contribution in [0.5, 0.6) is 0 Å². The molecule has 2 heterocycles. The molecule has 31 heavy (non-hydrogen) atoms. The number of nitrogen functional groups attached to an aromatic ring is 1. The Morgan fingerprint density at radius 1 is 1.29 bits per heavy atom. The Morgan fingerprint density at radius 3 is 2.42 bits per heavy atom. The van der Waals surface area contributed by atoms with E-state index in [1.165, 1.54) is 6.20 Å². The van der Waals surface area contributed by atoms with Crippen molar-refractivity contribution in [1.82, 2.24) is 15.2 Å². The molecule has 4 N–H and O–H groups in total. The highest BCUT2D eigenvalue weighted by atomic mass is 19.4. The van der Waals surface area contributed by atoms with E-state index in [9.17, 15) is 22.0 Å². The first-order valence-electron chi connectivity index (χ1n) is 10.6. The number of nitrogens with one attached hydrogen (secondary N) is 2. The maximum absolute atomic E-state index is 13.2. The third-order valence-electron chi connectivity index (χ3n) is 6.88. The third kappa shape index (κ3) is 4.55. The van der Waals surface area contributed by atoms with Crippen molar-refractivity contribution in [3.8, 4) is 0 Å². The average Bonchev–Trinajstić information content (AvgIpc) is 3.11. The molecule has 5 atom stereocenters. The van der Waals surface area contributed by atoms with Gasteiger partial charge in [-0.15, -0.1) is 0 Å². The van der Waals surface area contributed by atoms with Crippen molar-refractivity contribution in [3.05, 3.63) is 23.4 Å². The number of anilines is 1. The van der Waals surface area contributed by atoms with Crippen molar-refractivity contribution in [2.75, 3.05) is 18.8 Å². The quantitative estimate of drug-likeness (QED) is 0.441. The molecule has 172 valence electrons. The Balaban J connectivity index is 1.41. The van der Waals surface area contributed by atoms with Gasteiger partial charge in [-0.25, -0.2) is 13.8 Å². The minimum atomic E-state index is -4.63. The second kappa shape index (κ2) is 7.65. The van der Waals surface area contributed by atoms with E-state index in [0.29, 0.717) is 17.8 Å². The number of nitrogens with two attached hydrogens (primary N) is 1. The van der Waals surface area contributed by atoms with Crippen molar-refractivity contribution >= 4 is 11.5 Å². The number of fused-ring (bicyclic) bond motifs is 1. The zero-order valence-corrected chi connectivity index (χ0v) is 17.5. The van der Waals surface area contributed by atoms with E-state index in [-0.39, 0.29) is 48.9 Å². The fourth-order valence-electron chi connectivity index (χ4n) is 5.50. The normalized spacial score (nSPS) is 30.7. The molecule has 2 saturated carbocycles. The van der Waals surface area contributed by atoms with Crippen LogP contribution in [0.1, 0.15) is 44.2 Å². The summed E-state index contributed by atoms with van der Waals surface area (Å²) in [6, 6.07) is 1.19. The monoisotopic (exact) mass is 445 g/mol. The van der Waals surface area contributed by atoms with E-state index in [0.717, 1.165) is 18.9 Å². The second-order valence-corrected chi connectivity index (χ2v) is 9.56. The predicted molar refractivity (Wildman–Crippen MR) is 107 cm³/mol. The van der Waals surface area contributed by atoms with Gasteiger partial charge in [0.25, 0.3) is 5.92 Å². The van der Waals surface area contributed by atoms with E-state index in [4.69, 9.17) is 11.1 Å². The molecule has 1 aromatic heterocycles. The third-order valence-corrected chi connectivity index (χ3v) is 6.88. The molecular weight excluding hydrogens is 417 g/mol.